The number of aromatic nitrogens is 3. The Bertz CT molecular complexity index is 585. The van der Waals surface area contributed by atoms with Crippen LogP contribution in [-0.2, 0) is 4.79 Å². The Morgan fingerprint density at radius 2 is 2.00 bits per heavy atom. The molecule has 5 nitrogen and oxygen atoms in total. The van der Waals surface area contributed by atoms with Gasteiger partial charge in [0.25, 0.3) is 5.22 Å². The highest BCUT2D eigenvalue weighted by Gasteiger charge is 2.24. The minimum absolute atomic E-state index is 0.0387. The highest BCUT2D eigenvalue weighted by atomic mass is 32.2. The normalized spacial score (nSPS) is 19.8. The highest BCUT2D eigenvalue weighted by molar-refractivity contribution is 8.00. The van der Waals surface area contributed by atoms with Crippen LogP contribution in [0.5, 0.6) is 0 Å². The molecule has 2 aromatic rings. The average Bonchev–Trinajstić information content (AvgIpc) is 2.86. The van der Waals surface area contributed by atoms with Gasteiger partial charge in [-0.3, -0.25) is 9.78 Å². The number of pyridine rings is 1. The van der Waals surface area contributed by atoms with Gasteiger partial charge in [0, 0.05) is 24.4 Å². The maximum Gasteiger partial charge on any atom is 0.277 e. The van der Waals surface area contributed by atoms with Gasteiger partial charge >= 0.3 is 0 Å². The highest BCUT2D eigenvalue weighted by Crippen LogP contribution is 2.31. The summed E-state index contributed by atoms with van der Waals surface area (Å²) >= 11 is 1.40. The molecule has 0 amide bonds. The van der Waals surface area contributed by atoms with E-state index in [1.165, 1.54) is 11.8 Å². The quantitative estimate of drug-likeness (QED) is 0.809. The van der Waals surface area contributed by atoms with Crippen molar-refractivity contribution in [3.8, 4) is 11.5 Å². The lowest BCUT2D eigenvalue weighted by Gasteiger charge is -2.08. The van der Waals surface area contributed by atoms with Gasteiger partial charge in [-0.2, -0.15) is 0 Å². The van der Waals surface area contributed by atoms with E-state index in [4.69, 9.17) is 4.42 Å². The molecule has 1 fully saturated rings. The fraction of sp³-hybridized carbons (Fsp3) is 0.429. The molecule has 0 aliphatic heterocycles. The molecule has 0 saturated heterocycles. The fourth-order valence-electron chi connectivity index (χ4n) is 2.24. The smallest absolute Gasteiger partial charge is 0.277 e. The summed E-state index contributed by atoms with van der Waals surface area (Å²) in [6.45, 7) is 0. The SMILES string of the molecule is O=C1CCCCCC1Sc1nnc(-c2ccncc2)o1. The number of nitrogens with zero attached hydrogens (tertiary/aromatic N) is 3. The first-order valence-corrected chi connectivity index (χ1v) is 7.64. The Hall–Kier alpha value is -1.69. The van der Waals surface area contributed by atoms with E-state index in [9.17, 15) is 4.79 Å². The second-order valence-corrected chi connectivity index (χ2v) is 5.94. The summed E-state index contributed by atoms with van der Waals surface area (Å²) in [7, 11) is 0. The van der Waals surface area contributed by atoms with Gasteiger partial charge in [-0.25, -0.2) is 0 Å². The first-order valence-electron chi connectivity index (χ1n) is 6.76. The van der Waals surface area contributed by atoms with Crippen molar-refractivity contribution in [1.29, 1.82) is 0 Å². The Balaban J connectivity index is 1.72. The van der Waals surface area contributed by atoms with E-state index < -0.39 is 0 Å². The first kappa shape index (κ1) is 13.3. The van der Waals surface area contributed by atoms with E-state index in [0.29, 0.717) is 23.3 Å². The van der Waals surface area contributed by atoms with E-state index in [1.807, 2.05) is 12.1 Å². The molecule has 1 atom stereocenters. The van der Waals surface area contributed by atoms with Gasteiger partial charge in [0.05, 0.1) is 5.25 Å². The largest absolute Gasteiger partial charge is 0.411 e. The van der Waals surface area contributed by atoms with Crippen LogP contribution in [0.2, 0.25) is 0 Å². The minimum Gasteiger partial charge on any atom is -0.411 e. The third-order valence-corrected chi connectivity index (χ3v) is 4.48. The van der Waals surface area contributed by atoms with Crippen LogP contribution in [-0.4, -0.2) is 26.2 Å². The zero-order valence-corrected chi connectivity index (χ0v) is 11.8. The van der Waals surface area contributed by atoms with Crippen LogP contribution < -0.4 is 0 Å². The van der Waals surface area contributed by atoms with E-state index in [0.717, 1.165) is 31.2 Å². The lowest BCUT2D eigenvalue weighted by Crippen LogP contribution is -2.14. The Morgan fingerprint density at radius 1 is 1.15 bits per heavy atom. The molecule has 1 saturated carbocycles. The third-order valence-electron chi connectivity index (χ3n) is 3.33. The molecule has 0 aromatic carbocycles. The van der Waals surface area contributed by atoms with Gasteiger partial charge in [-0.1, -0.05) is 24.6 Å². The van der Waals surface area contributed by atoms with Crippen molar-refractivity contribution >= 4 is 17.5 Å². The zero-order chi connectivity index (χ0) is 13.8. The number of thioether (sulfide) groups is 1. The summed E-state index contributed by atoms with van der Waals surface area (Å²) in [5, 5.41) is 8.48. The van der Waals surface area contributed by atoms with Gasteiger partial charge in [-0.05, 0) is 25.0 Å². The number of carbonyl (C=O) groups excluding carboxylic acids is 1. The molecule has 20 heavy (non-hydrogen) atoms. The molecule has 0 bridgehead atoms. The van der Waals surface area contributed by atoms with Crippen LogP contribution in [0.15, 0.2) is 34.2 Å². The van der Waals surface area contributed by atoms with Crippen molar-refractivity contribution in [1.82, 2.24) is 15.2 Å². The average molecular weight is 289 g/mol. The number of rotatable bonds is 3. The molecular weight excluding hydrogens is 274 g/mol. The molecule has 3 rings (SSSR count). The summed E-state index contributed by atoms with van der Waals surface area (Å²) in [4.78, 5) is 15.9. The second kappa shape index (κ2) is 6.17. The second-order valence-electron chi connectivity index (χ2n) is 4.78. The Kier molecular flexibility index (Phi) is 4.11. The van der Waals surface area contributed by atoms with Gasteiger partial charge < -0.3 is 4.42 Å². The van der Waals surface area contributed by atoms with E-state index >= 15 is 0 Å². The summed E-state index contributed by atoms with van der Waals surface area (Å²) in [6, 6.07) is 3.64. The summed E-state index contributed by atoms with van der Waals surface area (Å²) in [6.07, 6.45) is 8.16. The maximum atomic E-state index is 12.0. The van der Waals surface area contributed by atoms with E-state index in [1.54, 1.807) is 12.4 Å². The van der Waals surface area contributed by atoms with Crippen molar-refractivity contribution in [3.05, 3.63) is 24.5 Å². The van der Waals surface area contributed by atoms with Crippen molar-refractivity contribution in [2.24, 2.45) is 0 Å². The Labute approximate surface area is 121 Å². The van der Waals surface area contributed by atoms with E-state index in [-0.39, 0.29) is 5.25 Å². The monoisotopic (exact) mass is 289 g/mol. The molecule has 1 aliphatic rings. The van der Waals surface area contributed by atoms with Crippen LogP contribution in [0.25, 0.3) is 11.5 Å². The van der Waals surface area contributed by atoms with Crippen molar-refractivity contribution in [3.63, 3.8) is 0 Å². The van der Waals surface area contributed by atoms with Gasteiger partial charge in [0.1, 0.15) is 5.78 Å². The molecule has 2 aromatic heterocycles. The van der Waals surface area contributed by atoms with Crippen molar-refractivity contribution < 1.29 is 9.21 Å². The summed E-state index contributed by atoms with van der Waals surface area (Å²) in [5.41, 5.74) is 0.839. The topological polar surface area (TPSA) is 68.9 Å². The summed E-state index contributed by atoms with van der Waals surface area (Å²) < 4.78 is 5.62. The standard InChI is InChI=1S/C14H15N3O2S/c18-11-4-2-1-3-5-12(11)20-14-17-16-13(19-14)10-6-8-15-9-7-10/h6-9,12H,1-5H2. The molecular formula is C14H15N3O2S. The number of ketones is 1. The molecule has 0 radical (unpaired) electrons. The first-order chi connectivity index (χ1) is 9.83. The van der Waals surface area contributed by atoms with Crippen LogP contribution in [0.1, 0.15) is 32.1 Å². The number of carbonyl (C=O) groups is 1. The molecule has 104 valence electrons. The molecule has 2 heterocycles. The van der Waals surface area contributed by atoms with Gasteiger partial charge in [-0.15, -0.1) is 10.2 Å². The van der Waals surface area contributed by atoms with Gasteiger partial charge in [0.2, 0.25) is 5.89 Å². The fourth-order valence-corrected chi connectivity index (χ4v) is 3.23. The minimum atomic E-state index is -0.0387. The third kappa shape index (κ3) is 3.07. The lowest BCUT2D eigenvalue weighted by atomic mass is 10.2. The molecule has 1 aliphatic carbocycles. The predicted molar refractivity (Wildman–Crippen MR) is 75.3 cm³/mol. The lowest BCUT2D eigenvalue weighted by molar-refractivity contribution is -0.118. The molecule has 0 spiro atoms. The maximum absolute atomic E-state index is 12.0. The predicted octanol–water partition coefficient (Wildman–Crippen LogP) is 3.13. The molecule has 1 unspecified atom stereocenters. The van der Waals surface area contributed by atoms with Crippen LogP contribution >= 0.6 is 11.8 Å². The molecule has 6 heteroatoms. The van der Waals surface area contributed by atoms with Crippen LogP contribution in [0.4, 0.5) is 0 Å². The van der Waals surface area contributed by atoms with Crippen LogP contribution in [0.3, 0.4) is 0 Å². The van der Waals surface area contributed by atoms with Gasteiger partial charge in [0.15, 0.2) is 0 Å². The number of hydrogen-bond acceptors (Lipinski definition) is 6. The van der Waals surface area contributed by atoms with E-state index in [2.05, 4.69) is 15.2 Å². The number of hydrogen-bond donors (Lipinski definition) is 0. The van der Waals surface area contributed by atoms with Crippen molar-refractivity contribution in [2.45, 2.75) is 42.6 Å². The summed E-state index contributed by atoms with van der Waals surface area (Å²) in [5.74, 6) is 0.770. The number of Topliss-reactive ketones (excluding diaryl/α,β-unsaturated/α-hetero) is 1. The van der Waals surface area contributed by atoms with Crippen LogP contribution in [0, 0.1) is 0 Å². The van der Waals surface area contributed by atoms with Crippen molar-refractivity contribution in [2.75, 3.05) is 0 Å². The Morgan fingerprint density at radius 3 is 2.85 bits per heavy atom. The molecule has 0 N–H and O–H groups in total. The zero-order valence-electron chi connectivity index (χ0n) is 11.0.